The summed E-state index contributed by atoms with van der Waals surface area (Å²) in [7, 11) is 0. The van der Waals surface area contributed by atoms with Crippen molar-refractivity contribution < 1.29 is 9.21 Å². The van der Waals surface area contributed by atoms with Crippen LogP contribution in [0.1, 0.15) is 16.6 Å². The predicted octanol–water partition coefficient (Wildman–Crippen LogP) is 0.191. The first-order valence-electron chi connectivity index (χ1n) is 2.08. The first-order chi connectivity index (χ1) is 3.83. The number of aryl methyl sites for hydroxylation is 1. The molecule has 0 radical (unpaired) electrons. The zero-order chi connectivity index (χ0) is 5.98. The van der Waals surface area contributed by atoms with E-state index in [0.717, 1.165) is 0 Å². The molecule has 8 heavy (non-hydrogen) atoms. The standard InChI is InChI=1S/C4H4N2O2/c1-3-5-6-4(2-7)8-3/h2H,1H3. The third kappa shape index (κ3) is 0.726. The minimum atomic E-state index is 0.0301. The summed E-state index contributed by atoms with van der Waals surface area (Å²) in [4.78, 5) is 9.82. The fraction of sp³-hybridized carbons (Fsp3) is 0.250. The highest BCUT2D eigenvalue weighted by molar-refractivity contribution is 5.66. The van der Waals surface area contributed by atoms with Crippen molar-refractivity contribution in [1.29, 1.82) is 0 Å². The maximum Gasteiger partial charge on any atom is 0.280 e. The summed E-state index contributed by atoms with van der Waals surface area (Å²) >= 11 is 0. The molecule has 0 aromatic carbocycles. The van der Waals surface area contributed by atoms with Crippen LogP contribution in [0, 0.1) is 6.92 Å². The van der Waals surface area contributed by atoms with Crippen LogP contribution in [0.25, 0.3) is 0 Å². The topological polar surface area (TPSA) is 56.0 Å². The largest absolute Gasteiger partial charge is 0.419 e. The molecule has 0 spiro atoms. The van der Waals surface area contributed by atoms with Crippen LogP contribution in [0.2, 0.25) is 0 Å². The van der Waals surface area contributed by atoms with Gasteiger partial charge in [0.1, 0.15) is 0 Å². The number of rotatable bonds is 1. The fourth-order valence-corrected chi connectivity index (χ4v) is 0.359. The first-order valence-corrected chi connectivity index (χ1v) is 2.08. The van der Waals surface area contributed by atoms with Crippen LogP contribution in [-0.4, -0.2) is 16.5 Å². The molecule has 0 N–H and O–H groups in total. The van der Waals surface area contributed by atoms with Crippen molar-refractivity contribution in [3.63, 3.8) is 0 Å². The second-order valence-corrected chi connectivity index (χ2v) is 1.28. The molecule has 0 unspecified atom stereocenters. The number of carbonyl (C=O) groups is 1. The van der Waals surface area contributed by atoms with Crippen LogP contribution >= 0.6 is 0 Å². The molecule has 1 rings (SSSR count). The molecule has 0 bridgehead atoms. The Morgan fingerprint density at radius 3 is 2.62 bits per heavy atom. The fourth-order valence-electron chi connectivity index (χ4n) is 0.359. The SMILES string of the molecule is Cc1nnc(C=O)o1. The molecule has 42 valence electrons. The monoisotopic (exact) mass is 112 g/mol. The Balaban J connectivity index is 3.00. The van der Waals surface area contributed by atoms with E-state index in [0.29, 0.717) is 12.2 Å². The maximum absolute atomic E-state index is 9.82. The third-order valence-corrected chi connectivity index (χ3v) is 0.642. The van der Waals surface area contributed by atoms with Crippen molar-refractivity contribution in [2.45, 2.75) is 6.92 Å². The molecule has 1 heterocycles. The van der Waals surface area contributed by atoms with Crippen molar-refractivity contribution >= 4 is 6.29 Å². The highest BCUT2D eigenvalue weighted by Gasteiger charge is 1.95. The molecular formula is C4H4N2O2. The molecule has 0 aliphatic carbocycles. The molecule has 1 aromatic heterocycles. The zero-order valence-corrected chi connectivity index (χ0v) is 4.29. The van der Waals surface area contributed by atoms with Crippen LogP contribution in [0.4, 0.5) is 0 Å². The number of carbonyl (C=O) groups excluding carboxylic acids is 1. The molecule has 0 amide bonds. The van der Waals surface area contributed by atoms with Gasteiger partial charge >= 0.3 is 0 Å². The third-order valence-electron chi connectivity index (χ3n) is 0.642. The van der Waals surface area contributed by atoms with Crippen LogP contribution in [-0.2, 0) is 0 Å². The Morgan fingerprint density at radius 1 is 1.62 bits per heavy atom. The number of aldehydes is 1. The Morgan fingerprint density at radius 2 is 2.38 bits per heavy atom. The quantitative estimate of drug-likeness (QED) is 0.486. The number of hydrogen-bond donors (Lipinski definition) is 0. The van der Waals surface area contributed by atoms with E-state index in [1.807, 2.05) is 0 Å². The minimum absolute atomic E-state index is 0.0301. The van der Waals surface area contributed by atoms with E-state index in [9.17, 15) is 4.79 Å². The molecule has 4 nitrogen and oxygen atoms in total. The van der Waals surface area contributed by atoms with Gasteiger partial charge in [0.2, 0.25) is 12.2 Å². The molecule has 1 aromatic rings. The number of hydrogen-bond acceptors (Lipinski definition) is 4. The molecule has 0 saturated heterocycles. The molecule has 0 aliphatic heterocycles. The maximum atomic E-state index is 9.82. The zero-order valence-electron chi connectivity index (χ0n) is 4.29. The summed E-state index contributed by atoms with van der Waals surface area (Å²) in [6, 6.07) is 0. The molecule has 0 atom stereocenters. The van der Waals surface area contributed by atoms with Gasteiger partial charge in [0, 0.05) is 6.92 Å². The summed E-state index contributed by atoms with van der Waals surface area (Å²) in [6.07, 6.45) is 0.514. The lowest BCUT2D eigenvalue weighted by atomic mass is 10.8. The lowest BCUT2D eigenvalue weighted by Gasteiger charge is -1.69. The average Bonchev–Trinajstić information content (AvgIpc) is 2.14. The molecule has 0 aliphatic rings. The summed E-state index contributed by atoms with van der Waals surface area (Å²) in [6.45, 7) is 1.62. The normalized spacial score (nSPS) is 9.12. The van der Waals surface area contributed by atoms with E-state index in [1.54, 1.807) is 6.92 Å². The van der Waals surface area contributed by atoms with E-state index in [-0.39, 0.29) is 5.89 Å². The van der Waals surface area contributed by atoms with Gasteiger partial charge in [0.15, 0.2) is 0 Å². The highest BCUT2D eigenvalue weighted by atomic mass is 16.4. The van der Waals surface area contributed by atoms with Crippen molar-refractivity contribution in [2.75, 3.05) is 0 Å². The van der Waals surface area contributed by atoms with Crippen LogP contribution in [0.3, 0.4) is 0 Å². The predicted molar refractivity (Wildman–Crippen MR) is 24.4 cm³/mol. The Hall–Kier alpha value is -1.19. The van der Waals surface area contributed by atoms with Crippen molar-refractivity contribution in [3.05, 3.63) is 11.8 Å². The van der Waals surface area contributed by atoms with Crippen molar-refractivity contribution in [2.24, 2.45) is 0 Å². The molecule has 0 saturated carbocycles. The van der Waals surface area contributed by atoms with Gasteiger partial charge in [-0.25, -0.2) is 0 Å². The Kier molecular flexibility index (Phi) is 1.07. The Labute approximate surface area is 45.5 Å². The number of nitrogens with zero attached hydrogens (tertiary/aromatic N) is 2. The van der Waals surface area contributed by atoms with Gasteiger partial charge in [-0.2, -0.15) is 0 Å². The summed E-state index contributed by atoms with van der Waals surface area (Å²) in [5, 5.41) is 6.79. The van der Waals surface area contributed by atoms with Gasteiger partial charge in [-0.15, -0.1) is 10.2 Å². The van der Waals surface area contributed by atoms with E-state index >= 15 is 0 Å². The van der Waals surface area contributed by atoms with Crippen molar-refractivity contribution in [3.8, 4) is 0 Å². The van der Waals surface area contributed by atoms with Crippen LogP contribution in [0.15, 0.2) is 4.42 Å². The smallest absolute Gasteiger partial charge is 0.280 e. The molecular weight excluding hydrogens is 108 g/mol. The summed E-state index contributed by atoms with van der Waals surface area (Å²) < 4.78 is 4.64. The van der Waals surface area contributed by atoms with Crippen LogP contribution < -0.4 is 0 Å². The van der Waals surface area contributed by atoms with E-state index < -0.39 is 0 Å². The second kappa shape index (κ2) is 1.73. The van der Waals surface area contributed by atoms with E-state index in [4.69, 9.17) is 0 Å². The molecule has 4 heteroatoms. The van der Waals surface area contributed by atoms with Gasteiger partial charge in [-0.1, -0.05) is 0 Å². The van der Waals surface area contributed by atoms with E-state index in [1.165, 1.54) is 0 Å². The van der Waals surface area contributed by atoms with E-state index in [2.05, 4.69) is 14.6 Å². The van der Waals surface area contributed by atoms with Gasteiger partial charge in [0.25, 0.3) is 5.89 Å². The number of aromatic nitrogens is 2. The lowest BCUT2D eigenvalue weighted by molar-refractivity contribution is 0.109. The first kappa shape index (κ1) is 4.96. The summed E-state index contributed by atoms with van der Waals surface area (Å²) in [5.41, 5.74) is 0. The van der Waals surface area contributed by atoms with Crippen molar-refractivity contribution in [1.82, 2.24) is 10.2 Å². The average molecular weight is 112 g/mol. The van der Waals surface area contributed by atoms with Gasteiger partial charge in [-0.3, -0.25) is 4.79 Å². The van der Waals surface area contributed by atoms with Crippen LogP contribution in [0.5, 0.6) is 0 Å². The van der Waals surface area contributed by atoms with Gasteiger partial charge in [0.05, 0.1) is 0 Å². The minimum Gasteiger partial charge on any atom is -0.419 e. The van der Waals surface area contributed by atoms with Gasteiger partial charge in [-0.05, 0) is 0 Å². The Bertz CT molecular complexity index is 194. The highest BCUT2D eigenvalue weighted by Crippen LogP contribution is 1.91. The molecule has 0 fully saturated rings. The van der Waals surface area contributed by atoms with Gasteiger partial charge < -0.3 is 4.42 Å². The summed E-state index contributed by atoms with van der Waals surface area (Å²) in [5.74, 6) is 0.439. The second-order valence-electron chi connectivity index (χ2n) is 1.28. The lowest BCUT2D eigenvalue weighted by Crippen LogP contribution is -1.75.